The van der Waals surface area contributed by atoms with Crippen molar-refractivity contribution in [1.82, 2.24) is 0 Å². The Morgan fingerprint density at radius 3 is 2.28 bits per heavy atom. The number of hydrogen-bond donors (Lipinski definition) is 0. The lowest BCUT2D eigenvalue weighted by molar-refractivity contribution is -0.330. The van der Waals surface area contributed by atoms with E-state index in [1.807, 2.05) is 6.92 Å². The molecule has 2 aliphatic heterocycles. The van der Waals surface area contributed by atoms with Gasteiger partial charge in [0.25, 0.3) is 0 Å². The molecule has 2 fully saturated rings. The highest BCUT2D eigenvalue weighted by Gasteiger charge is 2.50. The molecule has 5 nitrogen and oxygen atoms in total. The first-order chi connectivity index (χ1) is 8.58. The first kappa shape index (κ1) is 14.2. The van der Waals surface area contributed by atoms with E-state index in [1.165, 1.54) is 0 Å². The van der Waals surface area contributed by atoms with Gasteiger partial charge < -0.3 is 23.7 Å². The fourth-order valence-electron chi connectivity index (χ4n) is 2.81. The zero-order chi connectivity index (χ0) is 13.3. The molecule has 6 atom stereocenters. The summed E-state index contributed by atoms with van der Waals surface area (Å²) in [7, 11) is 3.39. The second-order valence-corrected chi connectivity index (χ2v) is 5.29. The van der Waals surface area contributed by atoms with Gasteiger partial charge in [0, 0.05) is 14.2 Å². The van der Waals surface area contributed by atoms with Crippen molar-refractivity contribution in [2.24, 2.45) is 5.92 Å². The van der Waals surface area contributed by atoms with E-state index in [1.54, 1.807) is 14.2 Å². The van der Waals surface area contributed by atoms with Crippen LogP contribution in [0, 0.1) is 5.92 Å². The normalized spacial score (nSPS) is 45.0. The standard InChI is InChI=1S/C13H24O5/c1-7(2)10-12(14-4)13(15-5)11-9(18-10)6-16-8(3)17-11/h7-13H,6H2,1-5H3. The van der Waals surface area contributed by atoms with E-state index in [4.69, 9.17) is 23.7 Å². The molecule has 0 aromatic carbocycles. The smallest absolute Gasteiger partial charge is 0.155 e. The molecule has 0 radical (unpaired) electrons. The summed E-state index contributed by atoms with van der Waals surface area (Å²) in [4.78, 5) is 0. The molecule has 0 spiro atoms. The zero-order valence-corrected chi connectivity index (χ0v) is 11.8. The quantitative estimate of drug-likeness (QED) is 0.763. The minimum Gasteiger partial charge on any atom is -0.376 e. The average Bonchev–Trinajstić information content (AvgIpc) is 2.36. The lowest BCUT2D eigenvalue weighted by Gasteiger charge is -2.49. The van der Waals surface area contributed by atoms with Crippen LogP contribution in [0.2, 0.25) is 0 Å². The van der Waals surface area contributed by atoms with Crippen LogP contribution in [0.15, 0.2) is 0 Å². The van der Waals surface area contributed by atoms with Gasteiger partial charge >= 0.3 is 0 Å². The highest BCUT2D eigenvalue weighted by atomic mass is 16.7. The Kier molecular flexibility index (Phi) is 4.61. The predicted octanol–water partition coefficient (Wildman–Crippen LogP) is 1.20. The molecule has 2 aliphatic rings. The van der Waals surface area contributed by atoms with Gasteiger partial charge in [0.1, 0.15) is 24.4 Å². The van der Waals surface area contributed by atoms with Gasteiger partial charge in [-0.05, 0) is 12.8 Å². The Balaban J connectivity index is 2.18. The number of hydrogen-bond acceptors (Lipinski definition) is 5. The summed E-state index contributed by atoms with van der Waals surface area (Å²) >= 11 is 0. The summed E-state index contributed by atoms with van der Waals surface area (Å²) in [5.74, 6) is 0.355. The number of rotatable bonds is 3. The highest BCUT2D eigenvalue weighted by molar-refractivity contribution is 4.97. The Morgan fingerprint density at radius 1 is 1.06 bits per heavy atom. The summed E-state index contributed by atoms with van der Waals surface area (Å²) in [6.45, 7) is 6.68. The molecule has 18 heavy (non-hydrogen) atoms. The lowest BCUT2D eigenvalue weighted by atomic mass is 9.88. The van der Waals surface area contributed by atoms with Crippen LogP contribution < -0.4 is 0 Å². The maximum atomic E-state index is 6.08. The van der Waals surface area contributed by atoms with Gasteiger partial charge in [-0.3, -0.25) is 0 Å². The first-order valence-corrected chi connectivity index (χ1v) is 6.56. The molecule has 0 aromatic heterocycles. The molecular weight excluding hydrogens is 236 g/mol. The molecule has 0 bridgehead atoms. The van der Waals surface area contributed by atoms with E-state index < -0.39 is 0 Å². The Morgan fingerprint density at radius 2 is 1.72 bits per heavy atom. The topological polar surface area (TPSA) is 46.2 Å². The lowest BCUT2D eigenvalue weighted by Crippen LogP contribution is -2.64. The fraction of sp³-hybridized carbons (Fsp3) is 1.00. The fourth-order valence-corrected chi connectivity index (χ4v) is 2.81. The molecule has 106 valence electrons. The van der Waals surface area contributed by atoms with Crippen molar-refractivity contribution in [2.45, 2.75) is 57.6 Å². The van der Waals surface area contributed by atoms with Crippen molar-refractivity contribution in [3.05, 3.63) is 0 Å². The first-order valence-electron chi connectivity index (χ1n) is 6.56. The van der Waals surface area contributed by atoms with Crippen molar-refractivity contribution in [3.8, 4) is 0 Å². The minimum atomic E-state index is -0.222. The van der Waals surface area contributed by atoms with Gasteiger partial charge in [-0.15, -0.1) is 0 Å². The summed E-state index contributed by atoms with van der Waals surface area (Å²) in [6.07, 6.45) is -0.653. The van der Waals surface area contributed by atoms with Crippen LogP contribution in [0.5, 0.6) is 0 Å². The predicted molar refractivity (Wildman–Crippen MR) is 65.4 cm³/mol. The van der Waals surface area contributed by atoms with Crippen molar-refractivity contribution in [1.29, 1.82) is 0 Å². The third-order valence-electron chi connectivity index (χ3n) is 3.72. The molecular formula is C13H24O5. The largest absolute Gasteiger partial charge is 0.376 e. The van der Waals surface area contributed by atoms with Crippen LogP contribution in [-0.4, -0.2) is 57.6 Å². The molecule has 0 N–H and O–H groups in total. The summed E-state index contributed by atoms with van der Waals surface area (Å²) in [5, 5.41) is 0. The van der Waals surface area contributed by atoms with E-state index >= 15 is 0 Å². The molecule has 2 saturated heterocycles. The minimum absolute atomic E-state index is 0.00167. The van der Waals surface area contributed by atoms with Gasteiger partial charge in [0.05, 0.1) is 12.7 Å². The number of fused-ring (bicyclic) bond motifs is 1. The monoisotopic (exact) mass is 260 g/mol. The maximum absolute atomic E-state index is 6.08. The van der Waals surface area contributed by atoms with Crippen molar-refractivity contribution < 1.29 is 23.7 Å². The second-order valence-electron chi connectivity index (χ2n) is 5.29. The molecule has 2 heterocycles. The Labute approximate surface area is 109 Å². The second kappa shape index (κ2) is 5.84. The van der Waals surface area contributed by atoms with Crippen LogP contribution in [0.3, 0.4) is 0 Å². The van der Waals surface area contributed by atoms with Gasteiger partial charge in [0.15, 0.2) is 6.29 Å². The Hall–Kier alpha value is -0.200. The number of ether oxygens (including phenoxy) is 5. The highest BCUT2D eigenvalue weighted by Crippen LogP contribution is 2.33. The zero-order valence-electron chi connectivity index (χ0n) is 11.8. The summed E-state index contributed by atoms with van der Waals surface area (Å²) in [5.41, 5.74) is 0. The average molecular weight is 260 g/mol. The molecule has 0 saturated carbocycles. The van der Waals surface area contributed by atoms with Crippen molar-refractivity contribution in [3.63, 3.8) is 0 Å². The SMILES string of the molecule is COC1C(C(C)C)OC2COC(C)OC2C1OC. The van der Waals surface area contributed by atoms with Crippen molar-refractivity contribution in [2.75, 3.05) is 20.8 Å². The van der Waals surface area contributed by atoms with Gasteiger partial charge in [-0.2, -0.15) is 0 Å². The molecule has 5 heteroatoms. The van der Waals surface area contributed by atoms with E-state index in [0.717, 1.165) is 0 Å². The Bertz CT molecular complexity index is 268. The van der Waals surface area contributed by atoms with Crippen LogP contribution in [0.25, 0.3) is 0 Å². The van der Waals surface area contributed by atoms with Crippen LogP contribution in [0.1, 0.15) is 20.8 Å². The van der Waals surface area contributed by atoms with Gasteiger partial charge in [-0.1, -0.05) is 13.8 Å². The van der Waals surface area contributed by atoms with Gasteiger partial charge in [0.2, 0.25) is 0 Å². The molecule has 0 aromatic rings. The molecule has 6 unspecified atom stereocenters. The maximum Gasteiger partial charge on any atom is 0.155 e. The van der Waals surface area contributed by atoms with E-state index in [9.17, 15) is 0 Å². The molecule has 2 rings (SSSR count). The van der Waals surface area contributed by atoms with Gasteiger partial charge in [-0.25, -0.2) is 0 Å². The van der Waals surface area contributed by atoms with Crippen molar-refractivity contribution >= 4 is 0 Å². The van der Waals surface area contributed by atoms with Crippen LogP contribution in [0.4, 0.5) is 0 Å². The molecule has 0 amide bonds. The summed E-state index contributed by atoms with van der Waals surface area (Å²) < 4.78 is 28.6. The third-order valence-corrected chi connectivity index (χ3v) is 3.72. The van der Waals surface area contributed by atoms with E-state index in [0.29, 0.717) is 12.5 Å². The molecule has 0 aliphatic carbocycles. The van der Waals surface area contributed by atoms with Crippen LogP contribution in [-0.2, 0) is 23.7 Å². The third kappa shape index (κ3) is 2.56. The van der Waals surface area contributed by atoms with Crippen LogP contribution >= 0.6 is 0 Å². The number of methoxy groups -OCH3 is 2. The van der Waals surface area contributed by atoms with E-state index in [-0.39, 0.29) is 36.8 Å². The van der Waals surface area contributed by atoms with E-state index in [2.05, 4.69) is 13.8 Å². The summed E-state index contributed by atoms with van der Waals surface area (Å²) in [6, 6.07) is 0.